The lowest BCUT2D eigenvalue weighted by Gasteiger charge is -2.18. The van der Waals surface area contributed by atoms with E-state index in [-0.39, 0.29) is 12.4 Å². The van der Waals surface area contributed by atoms with Crippen molar-refractivity contribution in [3.05, 3.63) is 70.3 Å². The van der Waals surface area contributed by atoms with Crippen molar-refractivity contribution < 1.29 is 14.0 Å². The minimum atomic E-state index is -3.75. The van der Waals surface area contributed by atoms with E-state index in [1.54, 1.807) is 6.92 Å². The minimum absolute atomic E-state index is 0.191. The molecule has 160 valence electrons. The molecule has 5 nitrogen and oxygen atoms in total. The first-order valence-electron chi connectivity index (χ1n) is 10.2. The fourth-order valence-electron chi connectivity index (χ4n) is 3.54. The summed E-state index contributed by atoms with van der Waals surface area (Å²) in [5.41, 5.74) is 2.99. The van der Waals surface area contributed by atoms with Gasteiger partial charge in [0.25, 0.3) is 0 Å². The molecular weight excluding hydrogens is 522 g/mol. The maximum absolute atomic E-state index is 12.3. The maximum Gasteiger partial charge on any atom is 0.347 e. The molecule has 1 aromatic heterocycles. The molecule has 4 aromatic rings. The molecule has 0 radical (unpaired) electrons. The van der Waals surface area contributed by atoms with Gasteiger partial charge in [-0.1, -0.05) is 49.4 Å². The van der Waals surface area contributed by atoms with Crippen molar-refractivity contribution in [2.45, 2.75) is 26.4 Å². The average Bonchev–Trinajstić information content (AvgIpc) is 2.76. The summed E-state index contributed by atoms with van der Waals surface area (Å²) in [5, 5.41) is 6.34. The summed E-state index contributed by atoms with van der Waals surface area (Å²) in [6, 6.07) is 22.6. The number of hydrogen-bond acceptors (Lipinski definition) is 4. The highest BCUT2D eigenvalue weighted by atomic mass is 127. The molecule has 0 saturated heterocycles. The summed E-state index contributed by atoms with van der Waals surface area (Å²) >= 11 is 2.32. The number of anilines is 1. The third kappa shape index (κ3) is 5.09. The molecule has 0 bridgehead atoms. The number of nitrogens with zero attached hydrogens (tertiary/aromatic N) is 1. The number of aromatic nitrogens is 1. The van der Waals surface area contributed by atoms with Crippen LogP contribution >= 0.6 is 30.2 Å². The highest BCUT2D eigenvalue weighted by Gasteiger charge is 2.22. The Kier molecular flexibility index (Phi) is 6.63. The lowest BCUT2D eigenvalue weighted by Crippen LogP contribution is -2.11. The zero-order chi connectivity index (χ0) is 22.0. The zero-order valence-corrected chi connectivity index (χ0v) is 20.4. The van der Waals surface area contributed by atoms with Gasteiger partial charge in [0.1, 0.15) is 12.1 Å². The molecule has 7 heteroatoms. The maximum atomic E-state index is 12.3. The number of halogens is 1. The van der Waals surface area contributed by atoms with E-state index >= 15 is 0 Å². The SMILES string of the molecule is CCC(C)OP(=O)(O)CNc1ccc2cc(I)cc(-c3cccc4ccccc34)c2n1. The number of fused-ring (bicyclic) bond motifs is 2. The van der Waals surface area contributed by atoms with Gasteiger partial charge in [-0.15, -0.1) is 0 Å². The van der Waals surface area contributed by atoms with Gasteiger partial charge in [0.2, 0.25) is 0 Å². The van der Waals surface area contributed by atoms with Gasteiger partial charge in [-0.05, 0) is 76.5 Å². The van der Waals surface area contributed by atoms with Gasteiger partial charge in [0.05, 0.1) is 11.6 Å². The van der Waals surface area contributed by atoms with Crippen molar-refractivity contribution in [3.63, 3.8) is 0 Å². The van der Waals surface area contributed by atoms with Gasteiger partial charge in [-0.2, -0.15) is 0 Å². The lowest BCUT2D eigenvalue weighted by molar-refractivity contribution is 0.186. The molecule has 0 aliphatic carbocycles. The molecule has 0 aliphatic heterocycles. The van der Waals surface area contributed by atoms with E-state index in [0.29, 0.717) is 12.2 Å². The second kappa shape index (κ2) is 9.25. The van der Waals surface area contributed by atoms with Gasteiger partial charge in [-0.3, -0.25) is 4.57 Å². The summed E-state index contributed by atoms with van der Waals surface area (Å²) in [6.07, 6.45) is 0.206. The molecule has 0 aliphatic rings. The first-order chi connectivity index (χ1) is 14.9. The summed E-state index contributed by atoms with van der Waals surface area (Å²) < 4.78 is 18.7. The van der Waals surface area contributed by atoms with Crippen LogP contribution in [0.4, 0.5) is 5.82 Å². The Hall–Kier alpha value is -1.99. The Balaban J connectivity index is 1.74. The van der Waals surface area contributed by atoms with E-state index in [9.17, 15) is 9.46 Å². The number of hydrogen-bond donors (Lipinski definition) is 2. The van der Waals surface area contributed by atoms with Crippen molar-refractivity contribution in [1.82, 2.24) is 4.98 Å². The van der Waals surface area contributed by atoms with E-state index in [4.69, 9.17) is 9.51 Å². The Morgan fingerprint density at radius 2 is 1.84 bits per heavy atom. The van der Waals surface area contributed by atoms with E-state index in [1.807, 2.05) is 31.2 Å². The summed E-state index contributed by atoms with van der Waals surface area (Å²) in [6.45, 7) is 3.70. The lowest BCUT2D eigenvalue weighted by atomic mass is 9.96. The Labute approximate surface area is 195 Å². The highest BCUT2D eigenvalue weighted by Crippen LogP contribution is 2.43. The smallest absolute Gasteiger partial charge is 0.347 e. The minimum Gasteiger partial charge on any atom is -0.359 e. The van der Waals surface area contributed by atoms with Crippen molar-refractivity contribution in [1.29, 1.82) is 0 Å². The third-order valence-electron chi connectivity index (χ3n) is 5.22. The van der Waals surface area contributed by atoms with E-state index < -0.39 is 7.60 Å². The van der Waals surface area contributed by atoms with Crippen molar-refractivity contribution in [2.75, 3.05) is 11.6 Å². The number of nitrogens with one attached hydrogen (secondary N) is 1. The van der Waals surface area contributed by atoms with Gasteiger partial charge >= 0.3 is 7.60 Å². The Bertz CT molecular complexity index is 1290. The molecule has 2 atom stereocenters. The van der Waals surface area contributed by atoms with Gasteiger partial charge < -0.3 is 14.7 Å². The largest absolute Gasteiger partial charge is 0.359 e. The molecule has 3 aromatic carbocycles. The van der Waals surface area contributed by atoms with Crippen LogP contribution in [0.3, 0.4) is 0 Å². The van der Waals surface area contributed by atoms with Gasteiger partial charge in [0, 0.05) is 14.5 Å². The van der Waals surface area contributed by atoms with E-state index in [0.717, 1.165) is 31.0 Å². The predicted octanol–water partition coefficient (Wildman–Crippen LogP) is 7.03. The monoisotopic (exact) mass is 546 g/mol. The van der Waals surface area contributed by atoms with Crippen LogP contribution < -0.4 is 5.32 Å². The van der Waals surface area contributed by atoms with Gasteiger partial charge in [-0.25, -0.2) is 4.98 Å². The predicted molar refractivity (Wildman–Crippen MR) is 137 cm³/mol. The van der Waals surface area contributed by atoms with Crippen LogP contribution in [-0.4, -0.2) is 22.3 Å². The van der Waals surface area contributed by atoms with Crippen molar-refractivity contribution in [3.8, 4) is 11.1 Å². The van der Waals surface area contributed by atoms with Crippen LogP contribution in [0.2, 0.25) is 0 Å². The summed E-state index contributed by atoms with van der Waals surface area (Å²) in [7, 11) is -3.75. The highest BCUT2D eigenvalue weighted by molar-refractivity contribution is 14.1. The molecule has 31 heavy (non-hydrogen) atoms. The van der Waals surface area contributed by atoms with Crippen LogP contribution in [0.15, 0.2) is 66.7 Å². The quantitative estimate of drug-likeness (QED) is 0.192. The molecular formula is C24H24IN2O3P. The molecule has 0 fully saturated rings. The second-order valence-electron chi connectivity index (χ2n) is 7.54. The fraction of sp³-hybridized carbons (Fsp3) is 0.208. The summed E-state index contributed by atoms with van der Waals surface area (Å²) in [4.78, 5) is 14.9. The van der Waals surface area contributed by atoms with Crippen molar-refractivity contribution in [2.24, 2.45) is 0 Å². The van der Waals surface area contributed by atoms with Crippen LogP contribution in [0.5, 0.6) is 0 Å². The third-order valence-corrected chi connectivity index (χ3v) is 7.09. The van der Waals surface area contributed by atoms with E-state index in [1.165, 1.54) is 5.39 Å². The molecule has 4 rings (SSSR count). The Morgan fingerprint density at radius 1 is 1.06 bits per heavy atom. The van der Waals surface area contributed by atoms with E-state index in [2.05, 4.69) is 70.4 Å². The van der Waals surface area contributed by atoms with Crippen LogP contribution in [-0.2, 0) is 9.09 Å². The molecule has 0 saturated carbocycles. The first-order valence-corrected chi connectivity index (χ1v) is 13.0. The average molecular weight is 546 g/mol. The normalized spacial score (nSPS) is 14.5. The van der Waals surface area contributed by atoms with Crippen LogP contribution in [0.25, 0.3) is 32.8 Å². The number of rotatable bonds is 7. The topological polar surface area (TPSA) is 71.5 Å². The van der Waals surface area contributed by atoms with Crippen LogP contribution in [0, 0.1) is 3.57 Å². The molecule has 2 unspecified atom stereocenters. The van der Waals surface area contributed by atoms with Gasteiger partial charge in [0.15, 0.2) is 0 Å². The molecule has 0 spiro atoms. The molecule has 0 amide bonds. The number of benzene rings is 3. The van der Waals surface area contributed by atoms with Crippen LogP contribution in [0.1, 0.15) is 20.3 Å². The van der Waals surface area contributed by atoms with Crippen molar-refractivity contribution >= 4 is 57.7 Å². The molecule has 1 heterocycles. The first kappa shape index (κ1) is 22.2. The Morgan fingerprint density at radius 3 is 2.65 bits per heavy atom. The fourth-order valence-corrected chi connectivity index (χ4v) is 5.33. The second-order valence-corrected chi connectivity index (χ2v) is 10.6. The standard InChI is InChI=1S/C24H24IN2O3P/c1-3-16(2)30-31(28,29)15-26-23-12-11-18-13-19(25)14-22(24(18)27-23)21-10-6-8-17-7-4-5-9-20(17)21/h4-14,16H,3,15H2,1-2H3,(H,26,27)(H,28,29). The molecule has 2 N–H and O–H groups in total. The summed E-state index contributed by atoms with van der Waals surface area (Å²) in [5.74, 6) is 0.539. The zero-order valence-electron chi connectivity index (χ0n) is 17.4. The number of pyridine rings is 1.